The molecular formula is C21H33N3O3. The van der Waals surface area contributed by atoms with E-state index in [1.807, 2.05) is 11.0 Å². The van der Waals surface area contributed by atoms with E-state index in [2.05, 4.69) is 17.1 Å². The van der Waals surface area contributed by atoms with Crippen LogP contribution in [0.2, 0.25) is 0 Å². The first-order valence-electron chi connectivity index (χ1n) is 10.1. The summed E-state index contributed by atoms with van der Waals surface area (Å²) in [7, 11) is 3.20. The summed E-state index contributed by atoms with van der Waals surface area (Å²) >= 11 is 0. The highest BCUT2D eigenvalue weighted by Crippen LogP contribution is 2.30. The minimum atomic E-state index is -0.0348. The van der Waals surface area contributed by atoms with E-state index in [1.165, 1.54) is 32.5 Å². The van der Waals surface area contributed by atoms with Crippen LogP contribution < -0.4 is 14.8 Å². The number of benzene rings is 1. The van der Waals surface area contributed by atoms with Gasteiger partial charge in [-0.2, -0.15) is 0 Å². The average molecular weight is 376 g/mol. The third-order valence-electron chi connectivity index (χ3n) is 5.93. The average Bonchev–Trinajstić information content (AvgIpc) is 2.70. The number of urea groups is 1. The van der Waals surface area contributed by atoms with Gasteiger partial charge >= 0.3 is 6.03 Å². The first-order valence-corrected chi connectivity index (χ1v) is 10.1. The topological polar surface area (TPSA) is 54.0 Å². The lowest BCUT2D eigenvalue weighted by Crippen LogP contribution is -2.44. The fourth-order valence-corrected chi connectivity index (χ4v) is 4.04. The highest BCUT2D eigenvalue weighted by atomic mass is 16.5. The molecule has 1 aromatic rings. The Morgan fingerprint density at radius 1 is 1.04 bits per heavy atom. The summed E-state index contributed by atoms with van der Waals surface area (Å²) in [6.07, 6.45) is 4.83. The predicted octanol–water partition coefficient (Wildman–Crippen LogP) is 3.68. The lowest BCUT2D eigenvalue weighted by atomic mass is 9.93. The van der Waals surface area contributed by atoms with Gasteiger partial charge in [-0.15, -0.1) is 0 Å². The van der Waals surface area contributed by atoms with Crippen LogP contribution in [0.15, 0.2) is 18.2 Å². The van der Waals surface area contributed by atoms with Crippen molar-refractivity contribution in [1.29, 1.82) is 0 Å². The van der Waals surface area contributed by atoms with Crippen molar-refractivity contribution in [2.75, 3.05) is 52.3 Å². The summed E-state index contributed by atoms with van der Waals surface area (Å²) in [6.45, 7) is 7.68. The third-order valence-corrected chi connectivity index (χ3v) is 5.93. The minimum absolute atomic E-state index is 0.0348. The van der Waals surface area contributed by atoms with Crippen molar-refractivity contribution >= 4 is 11.7 Å². The van der Waals surface area contributed by atoms with Crippen LogP contribution in [0.4, 0.5) is 10.5 Å². The number of hydrogen-bond donors (Lipinski definition) is 1. The van der Waals surface area contributed by atoms with Crippen molar-refractivity contribution in [2.45, 2.75) is 32.6 Å². The van der Waals surface area contributed by atoms with Gasteiger partial charge in [-0.3, -0.25) is 0 Å². The number of carbonyl (C=O) groups excluding carboxylic acids is 1. The van der Waals surface area contributed by atoms with E-state index in [1.54, 1.807) is 26.4 Å². The van der Waals surface area contributed by atoms with Gasteiger partial charge in [0.25, 0.3) is 0 Å². The van der Waals surface area contributed by atoms with Crippen LogP contribution in [0.5, 0.6) is 11.5 Å². The van der Waals surface area contributed by atoms with E-state index in [0.29, 0.717) is 17.4 Å². The Balaban J connectivity index is 1.46. The Labute approximate surface area is 162 Å². The van der Waals surface area contributed by atoms with Crippen LogP contribution >= 0.6 is 0 Å². The summed E-state index contributed by atoms with van der Waals surface area (Å²) in [5.41, 5.74) is 0.724. The number of anilines is 1. The zero-order chi connectivity index (χ0) is 19.2. The molecule has 27 heavy (non-hydrogen) atoms. The van der Waals surface area contributed by atoms with E-state index >= 15 is 0 Å². The maximum absolute atomic E-state index is 12.6. The molecule has 0 radical (unpaired) electrons. The standard InChI is InChI=1S/C21H33N3O3/c1-16-6-10-23(11-7-16)15-17-8-12-24(13-9-17)21(25)22-18-4-5-19(26-2)20(14-18)27-3/h4-5,14,16-17H,6-13,15H2,1-3H3,(H,22,25). The van der Waals surface area contributed by atoms with Crippen LogP contribution in [-0.2, 0) is 0 Å². The maximum atomic E-state index is 12.6. The number of nitrogens with one attached hydrogen (secondary N) is 1. The zero-order valence-electron chi connectivity index (χ0n) is 16.9. The molecular weight excluding hydrogens is 342 g/mol. The van der Waals surface area contributed by atoms with Crippen LogP contribution in [0.1, 0.15) is 32.6 Å². The highest BCUT2D eigenvalue weighted by molar-refractivity contribution is 5.89. The first-order chi connectivity index (χ1) is 13.1. The van der Waals surface area contributed by atoms with E-state index in [9.17, 15) is 4.79 Å². The van der Waals surface area contributed by atoms with Crippen molar-refractivity contribution in [3.05, 3.63) is 18.2 Å². The number of rotatable bonds is 5. The van der Waals surface area contributed by atoms with E-state index < -0.39 is 0 Å². The lowest BCUT2D eigenvalue weighted by Gasteiger charge is -2.37. The molecule has 2 amide bonds. The second kappa shape index (κ2) is 9.31. The number of piperidine rings is 2. The van der Waals surface area contributed by atoms with Crippen molar-refractivity contribution in [2.24, 2.45) is 11.8 Å². The molecule has 0 atom stereocenters. The fourth-order valence-electron chi connectivity index (χ4n) is 4.04. The van der Waals surface area contributed by atoms with Gasteiger partial charge in [0.2, 0.25) is 0 Å². The number of likely N-dealkylation sites (tertiary alicyclic amines) is 2. The smallest absolute Gasteiger partial charge is 0.321 e. The Morgan fingerprint density at radius 2 is 1.70 bits per heavy atom. The van der Waals surface area contributed by atoms with Gasteiger partial charge in [0.05, 0.1) is 14.2 Å². The SMILES string of the molecule is COc1ccc(NC(=O)N2CCC(CN3CCC(C)CC3)CC2)cc1OC. The van der Waals surface area contributed by atoms with Gasteiger partial charge in [-0.1, -0.05) is 6.92 Å². The molecule has 150 valence electrons. The van der Waals surface area contributed by atoms with E-state index in [4.69, 9.17) is 9.47 Å². The van der Waals surface area contributed by atoms with Gasteiger partial charge in [0.1, 0.15) is 0 Å². The largest absolute Gasteiger partial charge is 0.493 e. The summed E-state index contributed by atoms with van der Waals surface area (Å²) in [6, 6.07) is 5.40. The number of nitrogens with zero attached hydrogens (tertiary/aromatic N) is 2. The maximum Gasteiger partial charge on any atom is 0.321 e. The molecule has 0 aromatic heterocycles. The molecule has 0 unspecified atom stereocenters. The molecule has 2 heterocycles. The van der Waals surface area contributed by atoms with Gasteiger partial charge in [-0.05, 0) is 62.7 Å². The van der Waals surface area contributed by atoms with Gasteiger partial charge < -0.3 is 24.6 Å². The number of amides is 2. The molecule has 0 saturated carbocycles. The molecule has 6 nitrogen and oxygen atoms in total. The van der Waals surface area contributed by atoms with Crippen LogP contribution in [0.25, 0.3) is 0 Å². The van der Waals surface area contributed by atoms with Crippen molar-refractivity contribution in [1.82, 2.24) is 9.80 Å². The van der Waals surface area contributed by atoms with E-state index in [0.717, 1.165) is 37.5 Å². The van der Waals surface area contributed by atoms with E-state index in [-0.39, 0.29) is 6.03 Å². The number of methoxy groups -OCH3 is 2. The molecule has 1 aromatic carbocycles. The number of ether oxygens (including phenoxy) is 2. The summed E-state index contributed by atoms with van der Waals surface area (Å²) < 4.78 is 10.5. The van der Waals surface area contributed by atoms with Gasteiger partial charge in [0.15, 0.2) is 11.5 Å². The molecule has 2 aliphatic heterocycles. The van der Waals surface area contributed by atoms with Crippen molar-refractivity contribution in [3.8, 4) is 11.5 Å². The fraction of sp³-hybridized carbons (Fsp3) is 0.667. The second-order valence-corrected chi connectivity index (χ2v) is 7.91. The molecule has 2 saturated heterocycles. The van der Waals surface area contributed by atoms with Crippen molar-refractivity contribution < 1.29 is 14.3 Å². The molecule has 1 N–H and O–H groups in total. The molecule has 0 aliphatic carbocycles. The monoisotopic (exact) mass is 375 g/mol. The Bertz CT molecular complexity index is 621. The summed E-state index contributed by atoms with van der Waals surface area (Å²) in [4.78, 5) is 17.1. The van der Waals surface area contributed by atoms with Crippen LogP contribution in [0.3, 0.4) is 0 Å². The van der Waals surface area contributed by atoms with Gasteiger partial charge in [0, 0.05) is 31.4 Å². The molecule has 2 aliphatic rings. The first kappa shape index (κ1) is 19.8. The predicted molar refractivity (Wildman–Crippen MR) is 108 cm³/mol. The lowest BCUT2D eigenvalue weighted by molar-refractivity contribution is 0.130. The molecule has 0 bridgehead atoms. The quantitative estimate of drug-likeness (QED) is 0.853. The summed E-state index contributed by atoms with van der Waals surface area (Å²) in [5.74, 6) is 2.86. The molecule has 0 spiro atoms. The Hall–Kier alpha value is -1.95. The highest BCUT2D eigenvalue weighted by Gasteiger charge is 2.25. The molecule has 6 heteroatoms. The third kappa shape index (κ3) is 5.28. The van der Waals surface area contributed by atoms with Crippen LogP contribution in [0, 0.1) is 11.8 Å². The zero-order valence-corrected chi connectivity index (χ0v) is 16.9. The van der Waals surface area contributed by atoms with Crippen molar-refractivity contribution in [3.63, 3.8) is 0 Å². The minimum Gasteiger partial charge on any atom is -0.493 e. The molecule has 2 fully saturated rings. The Morgan fingerprint density at radius 3 is 2.33 bits per heavy atom. The normalized spacial score (nSPS) is 19.7. The van der Waals surface area contributed by atoms with Gasteiger partial charge in [-0.25, -0.2) is 4.79 Å². The second-order valence-electron chi connectivity index (χ2n) is 7.91. The number of hydrogen-bond acceptors (Lipinski definition) is 4. The van der Waals surface area contributed by atoms with Crippen LogP contribution in [-0.4, -0.2) is 62.8 Å². The number of carbonyl (C=O) groups is 1. The summed E-state index contributed by atoms with van der Waals surface area (Å²) in [5, 5.41) is 2.98. The molecule has 3 rings (SSSR count). The Kier molecular flexibility index (Phi) is 6.83.